The maximum atomic E-state index is 12.7. The van der Waals surface area contributed by atoms with Crippen molar-refractivity contribution in [3.05, 3.63) is 50.6 Å². The van der Waals surface area contributed by atoms with Crippen LogP contribution in [0.25, 0.3) is 11.0 Å². The zero-order valence-corrected chi connectivity index (χ0v) is 17.0. The highest BCUT2D eigenvalue weighted by atomic mass is 32.2. The number of aryl methyl sites for hydroxylation is 1. The summed E-state index contributed by atoms with van der Waals surface area (Å²) in [5, 5.41) is 3.98. The van der Waals surface area contributed by atoms with E-state index < -0.39 is 21.3 Å². The molecule has 0 bridgehead atoms. The molecule has 3 rings (SSSR count). The molecule has 150 valence electrons. The van der Waals surface area contributed by atoms with Gasteiger partial charge in [0.05, 0.1) is 11.1 Å². The summed E-state index contributed by atoms with van der Waals surface area (Å²) >= 11 is 0. The maximum Gasteiger partial charge on any atom is 0.332 e. The topological polar surface area (TPSA) is 129 Å². The Hall–Kier alpha value is -2.79. The molecule has 3 aromatic heterocycles. The van der Waals surface area contributed by atoms with Crippen LogP contribution >= 0.6 is 0 Å². The van der Waals surface area contributed by atoms with Gasteiger partial charge < -0.3 is 4.52 Å². The summed E-state index contributed by atoms with van der Waals surface area (Å²) in [5.74, 6) is 0. The molecule has 0 saturated carbocycles. The first-order chi connectivity index (χ1) is 12.9. The van der Waals surface area contributed by atoms with Gasteiger partial charge in [0.15, 0.2) is 0 Å². The van der Waals surface area contributed by atoms with Crippen LogP contribution < -0.4 is 16.0 Å². The van der Waals surface area contributed by atoms with Crippen molar-refractivity contribution in [2.75, 3.05) is 0 Å². The first kappa shape index (κ1) is 20.0. The molecule has 0 aliphatic rings. The predicted octanol–water partition coefficient (Wildman–Crippen LogP) is 0.396. The van der Waals surface area contributed by atoms with Crippen molar-refractivity contribution in [2.45, 2.75) is 37.6 Å². The van der Waals surface area contributed by atoms with Crippen LogP contribution in [0, 0.1) is 0 Å². The maximum absolute atomic E-state index is 12.7. The molecule has 3 aromatic rings. The van der Waals surface area contributed by atoms with Gasteiger partial charge in [-0.1, -0.05) is 25.9 Å². The molecule has 0 aliphatic heterocycles. The van der Waals surface area contributed by atoms with E-state index in [9.17, 15) is 18.0 Å². The third-order valence-corrected chi connectivity index (χ3v) is 5.75. The second kappa shape index (κ2) is 6.67. The van der Waals surface area contributed by atoms with E-state index in [1.54, 1.807) is 0 Å². The standard InChI is InChI=1S/C17H21N5O5S/c1-17(2,3)13-10(9-27-20-13)7-19-28(25,26)11-6-12-14(18-8-11)21(4)16(24)22(5)15(12)23/h6,8-9,19H,7H2,1-5H3. The summed E-state index contributed by atoms with van der Waals surface area (Å²) in [6.45, 7) is 5.80. The van der Waals surface area contributed by atoms with Crippen LogP contribution in [-0.4, -0.2) is 27.7 Å². The number of fused-ring (bicyclic) bond motifs is 1. The second-order valence-electron chi connectivity index (χ2n) is 7.51. The minimum Gasteiger partial charge on any atom is -0.364 e. The lowest BCUT2D eigenvalue weighted by Crippen LogP contribution is -2.37. The molecule has 0 fully saturated rings. The highest BCUT2D eigenvalue weighted by Crippen LogP contribution is 2.24. The summed E-state index contributed by atoms with van der Waals surface area (Å²) in [6.07, 6.45) is 2.51. The zero-order valence-electron chi connectivity index (χ0n) is 16.2. The van der Waals surface area contributed by atoms with E-state index >= 15 is 0 Å². The normalized spacial score (nSPS) is 12.6. The third kappa shape index (κ3) is 3.38. The summed E-state index contributed by atoms with van der Waals surface area (Å²) in [5.41, 5.74) is -0.0903. The van der Waals surface area contributed by atoms with E-state index in [0.29, 0.717) is 11.3 Å². The number of hydrogen-bond donors (Lipinski definition) is 1. The van der Waals surface area contributed by atoms with Crippen LogP contribution in [0.3, 0.4) is 0 Å². The van der Waals surface area contributed by atoms with E-state index in [4.69, 9.17) is 4.52 Å². The van der Waals surface area contributed by atoms with Crippen LogP contribution in [0.5, 0.6) is 0 Å². The quantitative estimate of drug-likeness (QED) is 0.662. The van der Waals surface area contributed by atoms with E-state index in [1.807, 2.05) is 20.8 Å². The van der Waals surface area contributed by atoms with Crippen molar-refractivity contribution in [3.63, 3.8) is 0 Å². The number of pyridine rings is 1. The van der Waals surface area contributed by atoms with Crippen LogP contribution in [0.4, 0.5) is 0 Å². The fourth-order valence-electron chi connectivity index (χ4n) is 2.85. The van der Waals surface area contributed by atoms with E-state index in [2.05, 4.69) is 14.9 Å². The predicted molar refractivity (Wildman–Crippen MR) is 101 cm³/mol. The minimum atomic E-state index is -3.96. The third-order valence-electron chi connectivity index (χ3n) is 4.38. The Bertz CT molecular complexity index is 1280. The number of hydrogen-bond acceptors (Lipinski definition) is 7. The molecule has 0 amide bonds. The Morgan fingerprint density at radius 1 is 1.18 bits per heavy atom. The van der Waals surface area contributed by atoms with E-state index in [-0.39, 0.29) is 27.9 Å². The van der Waals surface area contributed by atoms with Gasteiger partial charge in [-0.3, -0.25) is 13.9 Å². The lowest BCUT2D eigenvalue weighted by atomic mass is 9.90. The Kier molecular flexibility index (Phi) is 4.76. The molecule has 0 spiro atoms. The van der Waals surface area contributed by atoms with Gasteiger partial charge in [-0.2, -0.15) is 0 Å². The number of nitrogens with zero attached hydrogens (tertiary/aromatic N) is 4. The molecule has 0 atom stereocenters. The monoisotopic (exact) mass is 407 g/mol. The Morgan fingerprint density at radius 3 is 2.50 bits per heavy atom. The molecule has 11 heteroatoms. The Labute approximate surface area is 160 Å². The molecular weight excluding hydrogens is 386 g/mol. The number of nitrogens with one attached hydrogen (secondary N) is 1. The van der Waals surface area contributed by atoms with E-state index in [1.165, 1.54) is 31.0 Å². The molecule has 10 nitrogen and oxygen atoms in total. The van der Waals surface area contributed by atoms with Crippen LogP contribution in [0.2, 0.25) is 0 Å². The number of rotatable bonds is 4. The number of sulfonamides is 1. The van der Waals surface area contributed by atoms with Gasteiger partial charge in [-0.25, -0.2) is 22.9 Å². The van der Waals surface area contributed by atoms with Gasteiger partial charge in [0, 0.05) is 37.8 Å². The Balaban J connectivity index is 1.99. The molecule has 1 N–H and O–H groups in total. The molecule has 3 heterocycles. The smallest absolute Gasteiger partial charge is 0.332 e. The van der Waals surface area contributed by atoms with Gasteiger partial charge in [0.2, 0.25) is 10.0 Å². The van der Waals surface area contributed by atoms with Crippen molar-refractivity contribution in [2.24, 2.45) is 14.1 Å². The molecule has 0 aliphatic carbocycles. The first-order valence-corrected chi connectivity index (χ1v) is 9.91. The molecule has 0 unspecified atom stereocenters. The molecule has 0 saturated heterocycles. The van der Waals surface area contributed by atoms with E-state index in [0.717, 1.165) is 10.8 Å². The fourth-order valence-corrected chi connectivity index (χ4v) is 3.83. The van der Waals surface area contributed by atoms with Crippen molar-refractivity contribution in [1.82, 2.24) is 24.0 Å². The van der Waals surface area contributed by atoms with Gasteiger partial charge in [-0.05, 0) is 6.07 Å². The Morgan fingerprint density at radius 2 is 1.86 bits per heavy atom. The first-order valence-electron chi connectivity index (χ1n) is 8.42. The minimum absolute atomic E-state index is 0.0260. The van der Waals surface area contributed by atoms with Gasteiger partial charge in [0.25, 0.3) is 5.56 Å². The summed E-state index contributed by atoms with van der Waals surface area (Å²) in [7, 11) is -1.18. The SMILES string of the molecule is Cn1c(=O)c2cc(S(=O)(=O)NCc3conc3C(C)(C)C)cnc2n(C)c1=O. The van der Waals surface area contributed by atoms with Crippen molar-refractivity contribution in [1.29, 1.82) is 0 Å². The van der Waals surface area contributed by atoms with Crippen molar-refractivity contribution >= 4 is 21.1 Å². The van der Waals surface area contributed by atoms with Crippen molar-refractivity contribution in [3.8, 4) is 0 Å². The fraction of sp³-hybridized carbons (Fsp3) is 0.412. The van der Waals surface area contributed by atoms with Gasteiger partial charge in [-0.15, -0.1) is 0 Å². The lowest BCUT2D eigenvalue weighted by molar-refractivity contribution is 0.393. The average Bonchev–Trinajstić information content (AvgIpc) is 3.12. The molecular formula is C17H21N5O5S. The highest BCUT2D eigenvalue weighted by molar-refractivity contribution is 7.89. The zero-order chi connectivity index (χ0) is 20.9. The summed E-state index contributed by atoms with van der Waals surface area (Å²) in [4.78, 5) is 28.2. The number of aromatic nitrogens is 4. The lowest BCUT2D eigenvalue weighted by Gasteiger charge is -2.16. The summed E-state index contributed by atoms with van der Waals surface area (Å²) in [6, 6.07) is 1.21. The van der Waals surface area contributed by atoms with Gasteiger partial charge in [0.1, 0.15) is 16.8 Å². The van der Waals surface area contributed by atoms with Crippen LogP contribution in [-0.2, 0) is 36.1 Å². The highest BCUT2D eigenvalue weighted by Gasteiger charge is 2.24. The molecule has 0 radical (unpaired) electrons. The van der Waals surface area contributed by atoms with Gasteiger partial charge >= 0.3 is 5.69 Å². The molecule has 0 aromatic carbocycles. The summed E-state index contributed by atoms with van der Waals surface area (Å²) < 4.78 is 34.9. The largest absolute Gasteiger partial charge is 0.364 e. The molecule has 28 heavy (non-hydrogen) atoms. The van der Waals surface area contributed by atoms with Crippen molar-refractivity contribution < 1.29 is 12.9 Å². The van der Waals surface area contributed by atoms with Crippen LogP contribution in [0.1, 0.15) is 32.0 Å². The average molecular weight is 407 g/mol. The van der Waals surface area contributed by atoms with Crippen LogP contribution in [0.15, 0.2) is 37.5 Å². The second-order valence-corrected chi connectivity index (χ2v) is 9.28.